The Labute approximate surface area is 168 Å². The third-order valence-corrected chi connectivity index (χ3v) is 5.38. The van der Waals surface area contributed by atoms with Crippen molar-refractivity contribution in [2.24, 2.45) is 0 Å². The molecule has 2 aromatic carbocycles. The highest BCUT2D eigenvalue weighted by molar-refractivity contribution is 7.92. The summed E-state index contributed by atoms with van der Waals surface area (Å²) in [6.07, 6.45) is 3.41. The van der Waals surface area contributed by atoms with Crippen LogP contribution in [0.4, 0.5) is 11.4 Å². The standard InChI is InChI=1S/C20H20N4O4S/c1-2-9-29(27,28)24-16-7-3-6-15(10-16)20(26)23-17-12-21-19(22-13-17)14-5-4-8-18(25)11-14/h3-8,10-13,24-25H,2,9H2,1H3,(H,23,26). The Morgan fingerprint density at radius 1 is 1.03 bits per heavy atom. The highest BCUT2D eigenvalue weighted by Crippen LogP contribution is 2.20. The van der Waals surface area contributed by atoms with Crippen LogP contribution in [0.1, 0.15) is 23.7 Å². The van der Waals surface area contributed by atoms with E-state index < -0.39 is 15.9 Å². The van der Waals surface area contributed by atoms with Crippen molar-refractivity contribution in [3.63, 3.8) is 0 Å². The maximum atomic E-state index is 12.5. The number of hydrogen-bond acceptors (Lipinski definition) is 6. The fourth-order valence-electron chi connectivity index (χ4n) is 2.61. The summed E-state index contributed by atoms with van der Waals surface area (Å²) in [7, 11) is -3.44. The van der Waals surface area contributed by atoms with Crippen molar-refractivity contribution in [3.05, 3.63) is 66.5 Å². The number of aromatic nitrogens is 2. The topological polar surface area (TPSA) is 121 Å². The molecule has 1 amide bonds. The molecule has 3 N–H and O–H groups in total. The predicted molar refractivity (Wildman–Crippen MR) is 111 cm³/mol. The van der Waals surface area contributed by atoms with Gasteiger partial charge in [-0.2, -0.15) is 0 Å². The molecule has 0 saturated heterocycles. The Balaban J connectivity index is 1.71. The summed E-state index contributed by atoms with van der Waals surface area (Å²) < 4.78 is 26.3. The van der Waals surface area contributed by atoms with Crippen LogP contribution in [0.25, 0.3) is 11.4 Å². The van der Waals surface area contributed by atoms with Crippen LogP contribution in [-0.2, 0) is 10.0 Å². The van der Waals surface area contributed by atoms with Gasteiger partial charge in [0.1, 0.15) is 5.75 Å². The molecular formula is C20H20N4O4S. The van der Waals surface area contributed by atoms with Gasteiger partial charge in [-0.1, -0.05) is 25.1 Å². The third kappa shape index (κ3) is 5.52. The van der Waals surface area contributed by atoms with Crippen LogP contribution in [0, 0.1) is 0 Å². The molecule has 0 fully saturated rings. The van der Waals surface area contributed by atoms with E-state index in [0.717, 1.165) is 0 Å². The SMILES string of the molecule is CCCS(=O)(=O)Nc1cccc(C(=O)Nc2cnc(-c3cccc(O)c3)nc2)c1. The molecule has 3 rings (SSSR count). The highest BCUT2D eigenvalue weighted by atomic mass is 32.2. The number of phenols is 1. The van der Waals surface area contributed by atoms with Crippen LogP contribution in [0.15, 0.2) is 60.9 Å². The van der Waals surface area contributed by atoms with Gasteiger partial charge < -0.3 is 10.4 Å². The van der Waals surface area contributed by atoms with Gasteiger partial charge in [0.15, 0.2) is 5.82 Å². The molecule has 0 bridgehead atoms. The molecule has 150 valence electrons. The molecule has 8 nitrogen and oxygen atoms in total. The zero-order valence-corrected chi connectivity index (χ0v) is 16.5. The maximum Gasteiger partial charge on any atom is 0.255 e. The molecule has 0 radical (unpaired) electrons. The average molecular weight is 412 g/mol. The fraction of sp³-hybridized carbons (Fsp3) is 0.150. The molecule has 0 spiro atoms. The third-order valence-electron chi connectivity index (χ3n) is 3.89. The normalized spacial score (nSPS) is 11.1. The van der Waals surface area contributed by atoms with E-state index in [4.69, 9.17) is 0 Å². The van der Waals surface area contributed by atoms with Gasteiger partial charge in [0.2, 0.25) is 10.0 Å². The highest BCUT2D eigenvalue weighted by Gasteiger charge is 2.12. The summed E-state index contributed by atoms with van der Waals surface area (Å²) >= 11 is 0. The van der Waals surface area contributed by atoms with Crippen molar-refractivity contribution >= 4 is 27.3 Å². The number of phenolic OH excluding ortho intramolecular Hbond substituents is 1. The number of carbonyl (C=O) groups is 1. The summed E-state index contributed by atoms with van der Waals surface area (Å²) in [6.45, 7) is 1.77. The number of carbonyl (C=O) groups excluding carboxylic acids is 1. The second-order valence-electron chi connectivity index (χ2n) is 6.30. The van der Waals surface area contributed by atoms with Gasteiger partial charge in [0.05, 0.1) is 23.8 Å². The van der Waals surface area contributed by atoms with Crippen LogP contribution < -0.4 is 10.0 Å². The van der Waals surface area contributed by atoms with Crippen LogP contribution in [0.2, 0.25) is 0 Å². The van der Waals surface area contributed by atoms with Crippen LogP contribution in [0.3, 0.4) is 0 Å². The van der Waals surface area contributed by atoms with Gasteiger partial charge in [-0.3, -0.25) is 9.52 Å². The molecule has 29 heavy (non-hydrogen) atoms. The summed E-state index contributed by atoms with van der Waals surface area (Å²) in [4.78, 5) is 20.9. The number of benzene rings is 2. The Bertz CT molecular complexity index is 1120. The lowest BCUT2D eigenvalue weighted by Gasteiger charge is -2.09. The minimum absolute atomic E-state index is 0.00625. The van der Waals surface area contributed by atoms with E-state index in [0.29, 0.717) is 34.7 Å². The molecule has 0 saturated carbocycles. The van der Waals surface area contributed by atoms with E-state index in [-0.39, 0.29) is 11.5 Å². The molecule has 1 aromatic heterocycles. The first-order valence-corrected chi connectivity index (χ1v) is 10.5. The van der Waals surface area contributed by atoms with Gasteiger partial charge in [-0.15, -0.1) is 0 Å². The maximum absolute atomic E-state index is 12.5. The molecule has 0 aliphatic carbocycles. The number of anilines is 2. The molecule has 0 atom stereocenters. The second kappa shape index (κ2) is 8.70. The number of nitrogens with zero attached hydrogens (tertiary/aromatic N) is 2. The molecule has 0 unspecified atom stereocenters. The molecule has 3 aromatic rings. The van der Waals surface area contributed by atoms with E-state index in [1.165, 1.54) is 18.5 Å². The molecule has 0 aliphatic rings. The number of hydrogen-bond donors (Lipinski definition) is 3. The Hall–Kier alpha value is -3.46. The number of rotatable bonds is 7. The lowest BCUT2D eigenvalue weighted by Crippen LogP contribution is -2.17. The fourth-order valence-corrected chi connectivity index (χ4v) is 3.74. The first-order chi connectivity index (χ1) is 13.9. The number of aromatic hydroxyl groups is 1. The molecule has 9 heteroatoms. The van der Waals surface area contributed by atoms with Gasteiger partial charge in [0.25, 0.3) is 5.91 Å². The minimum Gasteiger partial charge on any atom is -0.508 e. The zero-order chi connectivity index (χ0) is 20.9. The summed E-state index contributed by atoms with van der Waals surface area (Å²) in [5.74, 6) is 0.103. The van der Waals surface area contributed by atoms with Crippen LogP contribution >= 0.6 is 0 Å². The van der Waals surface area contributed by atoms with Gasteiger partial charge >= 0.3 is 0 Å². The Morgan fingerprint density at radius 2 is 1.76 bits per heavy atom. The van der Waals surface area contributed by atoms with Crippen molar-refractivity contribution in [3.8, 4) is 17.1 Å². The summed E-state index contributed by atoms with van der Waals surface area (Å²) in [6, 6.07) is 12.8. The quantitative estimate of drug-likeness (QED) is 0.548. The lowest BCUT2D eigenvalue weighted by atomic mass is 10.2. The Morgan fingerprint density at radius 3 is 2.45 bits per heavy atom. The molecular weight excluding hydrogens is 392 g/mol. The van der Waals surface area contributed by atoms with Crippen molar-refractivity contribution in [1.29, 1.82) is 0 Å². The van der Waals surface area contributed by atoms with E-state index in [9.17, 15) is 18.3 Å². The molecule has 0 aliphatic heterocycles. The number of sulfonamides is 1. The van der Waals surface area contributed by atoms with Crippen LogP contribution in [0.5, 0.6) is 5.75 Å². The lowest BCUT2D eigenvalue weighted by molar-refractivity contribution is 0.102. The van der Waals surface area contributed by atoms with Crippen molar-refractivity contribution in [1.82, 2.24) is 9.97 Å². The number of nitrogens with one attached hydrogen (secondary N) is 2. The average Bonchev–Trinajstić information content (AvgIpc) is 2.68. The first kappa shape index (κ1) is 20.3. The second-order valence-corrected chi connectivity index (χ2v) is 8.14. The van der Waals surface area contributed by atoms with Crippen molar-refractivity contribution < 1.29 is 18.3 Å². The predicted octanol–water partition coefficient (Wildman–Crippen LogP) is 3.25. The zero-order valence-electron chi connectivity index (χ0n) is 15.7. The van der Waals surface area contributed by atoms with E-state index >= 15 is 0 Å². The van der Waals surface area contributed by atoms with E-state index in [2.05, 4.69) is 20.0 Å². The van der Waals surface area contributed by atoms with Gasteiger partial charge in [-0.05, 0) is 36.8 Å². The van der Waals surface area contributed by atoms with Crippen molar-refractivity contribution in [2.75, 3.05) is 15.8 Å². The summed E-state index contributed by atoms with van der Waals surface area (Å²) in [5.41, 5.74) is 1.64. The van der Waals surface area contributed by atoms with Crippen LogP contribution in [-0.4, -0.2) is 35.2 Å². The first-order valence-electron chi connectivity index (χ1n) is 8.89. The minimum atomic E-state index is -3.44. The summed E-state index contributed by atoms with van der Waals surface area (Å²) in [5, 5.41) is 12.2. The Kier molecular flexibility index (Phi) is 6.08. The number of amides is 1. The van der Waals surface area contributed by atoms with Crippen molar-refractivity contribution in [2.45, 2.75) is 13.3 Å². The monoisotopic (exact) mass is 412 g/mol. The van der Waals surface area contributed by atoms with E-state index in [1.54, 1.807) is 49.4 Å². The van der Waals surface area contributed by atoms with E-state index in [1.807, 2.05) is 0 Å². The smallest absolute Gasteiger partial charge is 0.255 e. The largest absolute Gasteiger partial charge is 0.508 e. The molecule has 1 heterocycles. The van der Waals surface area contributed by atoms with Gasteiger partial charge in [0, 0.05) is 16.8 Å². The van der Waals surface area contributed by atoms with Gasteiger partial charge in [-0.25, -0.2) is 18.4 Å².